The first-order chi connectivity index (χ1) is 6.04. The monoisotopic (exact) mass is 281 g/mol. The topological polar surface area (TPSA) is 83.6 Å². The van der Waals surface area contributed by atoms with E-state index in [1.54, 1.807) is 12.1 Å². The minimum Gasteiger partial charge on any atom is -0.506 e. The Kier molecular flexibility index (Phi) is 4.90. The molecule has 14 heavy (non-hydrogen) atoms. The molecule has 0 heterocycles. The maximum absolute atomic E-state index is 10.5. The molecule has 0 spiro atoms. The van der Waals surface area contributed by atoms with Crippen LogP contribution in [-0.4, -0.2) is 16.2 Å². The van der Waals surface area contributed by atoms with Crippen LogP contribution in [0.5, 0.6) is 5.75 Å². The number of benzene rings is 1. The minimum absolute atomic E-state index is 0. The van der Waals surface area contributed by atoms with Gasteiger partial charge in [-0.2, -0.15) is 0 Å². The summed E-state index contributed by atoms with van der Waals surface area (Å²) in [5.74, 6) is -1.30. The summed E-state index contributed by atoms with van der Waals surface area (Å²) in [5.41, 5.74) is 5.52. The maximum atomic E-state index is 10.5. The Morgan fingerprint density at radius 3 is 2.57 bits per heavy atom. The van der Waals surface area contributed by atoms with Gasteiger partial charge in [0.15, 0.2) is 0 Å². The molecule has 0 bridgehead atoms. The van der Waals surface area contributed by atoms with Crippen molar-refractivity contribution in [1.82, 2.24) is 0 Å². The molecule has 0 saturated heterocycles. The van der Waals surface area contributed by atoms with Crippen molar-refractivity contribution in [2.45, 2.75) is 6.04 Å². The van der Waals surface area contributed by atoms with Gasteiger partial charge in [-0.15, -0.1) is 12.4 Å². The van der Waals surface area contributed by atoms with E-state index in [9.17, 15) is 9.90 Å². The van der Waals surface area contributed by atoms with Gasteiger partial charge in [0, 0.05) is 5.56 Å². The third-order valence-electron chi connectivity index (χ3n) is 1.62. The first-order valence-corrected chi connectivity index (χ1v) is 4.29. The van der Waals surface area contributed by atoms with Crippen molar-refractivity contribution in [2.75, 3.05) is 0 Å². The van der Waals surface area contributed by atoms with Gasteiger partial charge >= 0.3 is 5.97 Å². The minimum atomic E-state index is -1.20. The molecule has 0 aliphatic carbocycles. The standard InChI is InChI=1S/C8H8BrNO3.ClH/c9-5-3-1-2-4(7(5)11)6(10)8(12)13;/h1-3,6,11H,10H2,(H,12,13);1H. The SMILES string of the molecule is Cl.NC(C(=O)O)c1cccc(Br)c1O. The molecule has 0 amide bonds. The van der Waals surface area contributed by atoms with Gasteiger partial charge in [-0.25, -0.2) is 0 Å². The molecule has 78 valence electrons. The van der Waals surface area contributed by atoms with Gasteiger partial charge in [-0.3, -0.25) is 4.79 Å². The van der Waals surface area contributed by atoms with Crippen LogP contribution in [0.15, 0.2) is 22.7 Å². The lowest BCUT2D eigenvalue weighted by Crippen LogP contribution is -2.20. The molecule has 4 nitrogen and oxygen atoms in total. The first-order valence-electron chi connectivity index (χ1n) is 3.50. The molecule has 0 aliphatic heterocycles. The van der Waals surface area contributed by atoms with Crippen LogP contribution < -0.4 is 5.73 Å². The highest BCUT2D eigenvalue weighted by molar-refractivity contribution is 9.10. The third kappa shape index (κ3) is 2.60. The van der Waals surface area contributed by atoms with Crippen molar-refractivity contribution in [3.63, 3.8) is 0 Å². The predicted octanol–water partition coefficient (Wildman–Crippen LogP) is 1.66. The van der Waals surface area contributed by atoms with E-state index >= 15 is 0 Å². The lowest BCUT2D eigenvalue weighted by molar-refractivity contribution is -0.138. The third-order valence-corrected chi connectivity index (χ3v) is 2.26. The lowest BCUT2D eigenvalue weighted by atomic mass is 10.1. The van der Waals surface area contributed by atoms with E-state index < -0.39 is 12.0 Å². The number of para-hydroxylation sites is 1. The van der Waals surface area contributed by atoms with Gasteiger partial charge < -0.3 is 15.9 Å². The van der Waals surface area contributed by atoms with Gasteiger partial charge in [0.05, 0.1) is 4.47 Å². The number of phenolic OH excluding ortho intramolecular Hbond substituents is 1. The van der Waals surface area contributed by atoms with Crippen LogP contribution in [0.1, 0.15) is 11.6 Å². The number of hydrogen-bond acceptors (Lipinski definition) is 3. The van der Waals surface area contributed by atoms with Crippen molar-refractivity contribution < 1.29 is 15.0 Å². The van der Waals surface area contributed by atoms with Crippen molar-refractivity contribution in [2.24, 2.45) is 5.73 Å². The summed E-state index contributed by atoms with van der Waals surface area (Å²) >= 11 is 3.06. The highest BCUT2D eigenvalue weighted by Gasteiger charge is 2.18. The maximum Gasteiger partial charge on any atom is 0.325 e. The number of rotatable bonds is 2. The number of phenols is 1. The molecule has 1 atom stereocenters. The number of nitrogens with two attached hydrogens (primary N) is 1. The van der Waals surface area contributed by atoms with Crippen LogP contribution in [-0.2, 0) is 4.79 Å². The van der Waals surface area contributed by atoms with E-state index in [0.717, 1.165) is 0 Å². The molecule has 1 rings (SSSR count). The molecule has 0 radical (unpaired) electrons. The quantitative estimate of drug-likeness (QED) is 0.770. The fourth-order valence-corrected chi connectivity index (χ4v) is 1.30. The van der Waals surface area contributed by atoms with Crippen LogP contribution in [0, 0.1) is 0 Å². The molecule has 1 aromatic rings. The van der Waals surface area contributed by atoms with Gasteiger partial charge in [-0.1, -0.05) is 12.1 Å². The highest BCUT2D eigenvalue weighted by Crippen LogP contribution is 2.30. The second-order valence-electron chi connectivity index (χ2n) is 2.49. The average Bonchev–Trinajstić information content (AvgIpc) is 2.08. The smallest absolute Gasteiger partial charge is 0.325 e. The predicted molar refractivity (Wildman–Crippen MR) is 57.6 cm³/mol. The molecule has 0 fully saturated rings. The Balaban J connectivity index is 0.00000169. The van der Waals surface area contributed by atoms with Crippen LogP contribution in [0.3, 0.4) is 0 Å². The summed E-state index contributed by atoms with van der Waals surface area (Å²) < 4.78 is 0.432. The Labute approximate surface area is 95.3 Å². The summed E-state index contributed by atoms with van der Waals surface area (Å²) in [5, 5.41) is 18.0. The van der Waals surface area contributed by atoms with Crippen LogP contribution >= 0.6 is 28.3 Å². The van der Waals surface area contributed by atoms with E-state index in [0.29, 0.717) is 4.47 Å². The zero-order valence-corrected chi connectivity index (χ0v) is 9.38. The van der Waals surface area contributed by atoms with Crippen LogP contribution in [0.4, 0.5) is 0 Å². The zero-order chi connectivity index (χ0) is 10.0. The lowest BCUT2D eigenvalue weighted by Gasteiger charge is -2.09. The Hall–Kier alpha value is -0.780. The number of carboxylic acid groups (broad SMARTS) is 1. The summed E-state index contributed by atoms with van der Waals surface area (Å²) in [7, 11) is 0. The molecular formula is C8H9BrClNO3. The van der Waals surface area contributed by atoms with E-state index in [2.05, 4.69) is 15.9 Å². The molecule has 0 aromatic heterocycles. The number of carbonyl (C=O) groups is 1. The van der Waals surface area contributed by atoms with Crippen LogP contribution in [0.2, 0.25) is 0 Å². The number of aliphatic carboxylic acids is 1. The Morgan fingerprint density at radius 2 is 2.07 bits per heavy atom. The van der Waals surface area contributed by atoms with E-state index in [-0.39, 0.29) is 23.7 Å². The summed E-state index contributed by atoms with van der Waals surface area (Å²) in [6.45, 7) is 0. The molecule has 1 aromatic carbocycles. The van der Waals surface area contributed by atoms with Gasteiger partial charge in [0.25, 0.3) is 0 Å². The zero-order valence-electron chi connectivity index (χ0n) is 6.98. The first kappa shape index (κ1) is 13.2. The van der Waals surface area contributed by atoms with E-state index in [1.165, 1.54) is 6.07 Å². The molecular weight excluding hydrogens is 273 g/mol. The van der Waals surface area contributed by atoms with Gasteiger partial charge in [0.2, 0.25) is 0 Å². The molecule has 0 saturated carbocycles. The van der Waals surface area contributed by atoms with Crippen LogP contribution in [0.25, 0.3) is 0 Å². The summed E-state index contributed by atoms with van der Waals surface area (Å²) in [6.07, 6.45) is 0. The molecule has 4 N–H and O–H groups in total. The van der Waals surface area contributed by atoms with E-state index in [4.69, 9.17) is 10.8 Å². The number of hydrogen-bond donors (Lipinski definition) is 3. The van der Waals surface area contributed by atoms with Crippen molar-refractivity contribution in [1.29, 1.82) is 0 Å². The van der Waals surface area contributed by atoms with Crippen molar-refractivity contribution in [3.05, 3.63) is 28.2 Å². The Morgan fingerprint density at radius 1 is 1.50 bits per heavy atom. The normalized spacial score (nSPS) is 11.6. The number of carboxylic acids is 1. The second kappa shape index (κ2) is 5.19. The molecule has 6 heteroatoms. The number of aromatic hydroxyl groups is 1. The molecule has 1 unspecified atom stereocenters. The van der Waals surface area contributed by atoms with Crippen molar-refractivity contribution in [3.8, 4) is 5.75 Å². The Bertz CT molecular complexity index is 345. The highest BCUT2D eigenvalue weighted by atomic mass is 79.9. The van der Waals surface area contributed by atoms with Crippen molar-refractivity contribution >= 4 is 34.3 Å². The largest absolute Gasteiger partial charge is 0.506 e. The molecule has 0 aliphatic rings. The fourth-order valence-electron chi connectivity index (χ4n) is 0.916. The van der Waals surface area contributed by atoms with Gasteiger partial charge in [0.1, 0.15) is 11.8 Å². The summed E-state index contributed by atoms with van der Waals surface area (Å²) in [6, 6.07) is 3.49. The average molecular weight is 283 g/mol. The fraction of sp³-hybridized carbons (Fsp3) is 0.125. The van der Waals surface area contributed by atoms with E-state index in [1.807, 2.05) is 0 Å². The number of halogens is 2. The summed E-state index contributed by atoms with van der Waals surface area (Å²) in [4.78, 5) is 10.5. The van der Waals surface area contributed by atoms with Gasteiger partial charge in [-0.05, 0) is 22.0 Å². The second-order valence-corrected chi connectivity index (χ2v) is 3.35.